The first-order valence-electron chi connectivity index (χ1n) is 10.6. The van der Waals surface area contributed by atoms with Crippen molar-refractivity contribution in [1.29, 1.82) is 0 Å². The van der Waals surface area contributed by atoms with E-state index in [2.05, 4.69) is 4.90 Å². The maximum atomic E-state index is 12.4. The average molecular weight is 455 g/mol. The van der Waals surface area contributed by atoms with Gasteiger partial charge in [-0.25, -0.2) is 9.59 Å². The summed E-state index contributed by atoms with van der Waals surface area (Å²) in [5.41, 5.74) is -0.198. The van der Waals surface area contributed by atoms with Gasteiger partial charge in [0.1, 0.15) is 17.0 Å². The van der Waals surface area contributed by atoms with Crippen LogP contribution in [0.1, 0.15) is 54.0 Å². The van der Waals surface area contributed by atoms with E-state index in [1.807, 2.05) is 54.5 Å². The zero-order valence-electron chi connectivity index (χ0n) is 19.7. The Hall–Kier alpha value is -1.99. The highest BCUT2D eigenvalue weighted by Crippen LogP contribution is 2.26. The van der Waals surface area contributed by atoms with Gasteiger partial charge < -0.3 is 19.1 Å². The van der Waals surface area contributed by atoms with E-state index in [-0.39, 0.29) is 18.7 Å². The molecule has 1 amide bonds. The molecule has 1 atom stereocenters. The Morgan fingerprint density at radius 3 is 2.29 bits per heavy atom. The van der Waals surface area contributed by atoms with Crippen molar-refractivity contribution < 1.29 is 23.8 Å². The molecular formula is C23H35ClN2O5. The number of rotatable bonds is 5. The SMILES string of the molecule is C[C@H]1CN(Cc2cc(Cl)ccc2OCC(=O)OC(C)(C)C)CCN1C(=O)OC(C)(C)C. The predicted molar refractivity (Wildman–Crippen MR) is 120 cm³/mol. The normalized spacial score (nSPS) is 17.9. The Balaban J connectivity index is 1.99. The van der Waals surface area contributed by atoms with E-state index in [1.165, 1.54) is 0 Å². The Morgan fingerprint density at radius 2 is 1.71 bits per heavy atom. The number of halogens is 1. The highest BCUT2D eigenvalue weighted by Gasteiger charge is 2.31. The minimum Gasteiger partial charge on any atom is -0.482 e. The summed E-state index contributed by atoms with van der Waals surface area (Å²) in [6.07, 6.45) is -0.288. The van der Waals surface area contributed by atoms with Gasteiger partial charge in [0.15, 0.2) is 6.61 Å². The van der Waals surface area contributed by atoms with Crippen LogP contribution in [0.5, 0.6) is 5.75 Å². The molecular weight excluding hydrogens is 420 g/mol. The van der Waals surface area contributed by atoms with Crippen molar-refractivity contribution in [2.24, 2.45) is 0 Å². The molecule has 0 N–H and O–H groups in total. The van der Waals surface area contributed by atoms with E-state index in [4.69, 9.17) is 25.8 Å². The molecule has 1 heterocycles. The summed E-state index contributed by atoms with van der Waals surface area (Å²) in [5.74, 6) is 0.172. The van der Waals surface area contributed by atoms with Gasteiger partial charge in [0.05, 0.1) is 0 Å². The Morgan fingerprint density at radius 1 is 1.06 bits per heavy atom. The first kappa shape index (κ1) is 25.3. The second-order valence-corrected chi connectivity index (χ2v) is 10.3. The lowest BCUT2D eigenvalue weighted by Gasteiger charge is -2.40. The van der Waals surface area contributed by atoms with Crippen molar-refractivity contribution in [3.8, 4) is 5.75 Å². The third-order valence-electron chi connectivity index (χ3n) is 4.52. The average Bonchev–Trinajstić information content (AvgIpc) is 2.58. The number of benzene rings is 1. The first-order valence-corrected chi connectivity index (χ1v) is 11.0. The molecule has 1 aliphatic heterocycles. The lowest BCUT2D eigenvalue weighted by atomic mass is 10.1. The number of nitrogens with zero attached hydrogens (tertiary/aromatic N) is 2. The molecule has 1 aliphatic rings. The Kier molecular flexibility index (Phi) is 8.22. The molecule has 0 aliphatic carbocycles. The molecule has 0 unspecified atom stereocenters. The summed E-state index contributed by atoms with van der Waals surface area (Å²) in [6.45, 7) is 15.4. The summed E-state index contributed by atoms with van der Waals surface area (Å²) in [5, 5.41) is 0.597. The van der Waals surface area contributed by atoms with Gasteiger partial charge in [0, 0.05) is 42.8 Å². The number of carbonyl (C=O) groups is 2. The largest absolute Gasteiger partial charge is 0.482 e. The topological polar surface area (TPSA) is 68.3 Å². The molecule has 1 aromatic carbocycles. The number of piperazine rings is 1. The quantitative estimate of drug-likeness (QED) is 0.610. The molecule has 31 heavy (non-hydrogen) atoms. The van der Waals surface area contributed by atoms with Crippen LogP contribution >= 0.6 is 11.6 Å². The third-order valence-corrected chi connectivity index (χ3v) is 4.76. The number of carbonyl (C=O) groups excluding carboxylic acids is 2. The second-order valence-electron chi connectivity index (χ2n) is 9.89. The molecule has 1 saturated heterocycles. The van der Waals surface area contributed by atoms with Crippen molar-refractivity contribution >= 4 is 23.7 Å². The number of hydrogen-bond acceptors (Lipinski definition) is 6. The van der Waals surface area contributed by atoms with Crippen LogP contribution in [0.4, 0.5) is 4.79 Å². The number of esters is 1. The fraction of sp³-hybridized carbons (Fsp3) is 0.652. The highest BCUT2D eigenvalue weighted by molar-refractivity contribution is 6.30. The van der Waals surface area contributed by atoms with Gasteiger partial charge in [-0.3, -0.25) is 4.90 Å². The summed E-state index contributed by atoms with van der Waals surface area (Å²) in [4.78, 5) is 28.4. The van der Waals surface area contributed by atoms with E-state index in [0.29, 0.717) is 37.0 Å². The smallest absolute Gasteiger partial charge is 0.410 e. The number of amides is 1. The van der Waals surface area contributed by atoms with Gasteiger partial charge >= 0.3 is 12.1 Å². The van der Waals surface area contributed by atoms with Gasteiger partial charge in [0.25, 0.3) is 0 Å². The van der Waals surface area contributed by atoms with Crippen LogP contribution in [-0.2, 0) is 20.8 Å². The molecule has 8 heteroatoms. The standard InChI is InChI=1S/C23H35ClN2O5/c1-16-13-25(10-11-26(16)21(28)31-23(5,6)7)14-17-12-18(24)8-9-19(17)29-15-20(27)30-22(2,3)4/h8-9,12,16H,10-11,13-15H2,1-7H3/t16-/m0/s1. The van der Waals surface area contributed by atoms with Crippen LogP contribution in [0.25, 0.3) is 0 Å². The minimum absolute atomic E-state index is 0.00826. The molecule has 0 spiro atoms. The zero-order chi connectivity index (χ0) is 23.4. The van der Waals surface area contributed by atoms with Crippen molar-refractivity contribution in [2.75, 3.05) is 26.2 Å². The first-order chi connectivity index (χ1) is 14.2. The third kappa shape index (κ3) is 8.57. The Bertz CT molecular complexity index is 785. The maximum Gasteiger partial charge on any atom is 0.410 e. The number of hydrogen-bond donors (Lipinski definition) is 0. The molecule has 0 bridgehead atoms. The van der Waals surface area contributed by atoms with Crippen molar-refractivity contribution in [3.63, 3.8) is 0 Å². The fourth-order valence-electron chi connectivity index (χ4n) is 3.33. The zero-order valence-corrected chi connectivity index (χ0v) is 20.4. The number of ether oxygens (including phenoxy) is 3. The Labute approximate surface area is 190 Å². The van der Waals surface area contributed by atoms with E-state index < -0.39 is 17.2 Å². The van der Waals surface area contributed by atoms with E-state index in [9.17, 15) is 9.59 Å². The van der Waals surface area contributed by atoms with E-state index in [1.54, 1.807) is 17.0 Å². The molecule has 1 fully saturated rings. The molecule has 0 aromatic heterocycles. The molecule has 0 radical (unpaired) electrons. The van der Waals surface area contributed by atoms with Gasteiger partial charge in [0.2, 0.25) is 0 Å². The summed E-state index contributed by atoms with van der Waals surface area (Å²) in [6, 6.07) is 5.35. The molecule has 2 rings (SSSR count). The molecule has 174 valence electrons. The molecule has 7 nitrogen and oxygen atoms in total. The van der Waals surface area contributed by atoms with Gasteiger partial charge in [-0.2, -0.15) is 0 Å². The summed E-state index contributed by atoms with van der Waals surface area (Å²) < 4.78 is 16.6. The summed E-state index contributed by atoms with van der Waals surface area (Å²) in [7, 11) is 0. The van der Waals surface area contributed by atoms with Crippen LogP contribution in [0.15, 0.2) is 18.2 Å². The van der Waals surface area contributed by atoms with Crippen LogP contribution in [0.3, 0.4) is 0 Å². The van der Waals surface area contributed by atoms with Gasteiger partial charge in [-0.15, -0.1) is 0 Å². The lowest BCUT2D eigenvalue weighted by Crippen LogP contribution is -2.54. The molecule has 1 aromatic rings. The van der Waals surface area contributed by atoms with Gasteiger partial charge in [-0.05, 0) is 66.7 Å². The predicted octanol–water partition coefficient (Wildman–Crippen LogP) is 4.50. The van der Waals surface area contributed by atoms with Gasteiger partial charge in [-0.1, -0.05) is 11.6 Å². The highest BCUT2D eigenvalue weighted by atomic mass is 35.5. The minimum atomic E-state index is -0.562. The second kappa shape index (κ2) is 10.1. The van der Waals surface area contributed by atoms with Crippen LogP contribution in [0, 0.1) is 0 Å². The summed E-state index contributed by atoms with van der Waals surface area (Å²) >= 11 is 6.20. The molecule has 0 saturated carbocycles. The van der Waals surface area contributed by atoms with E-state index >= 15 is 0 Å². The van der Waals surface area contributed by atoms with Crippen molar-refractivity contribution in [2.45, 2.75) is 72.3 Å². The lowest BCUT2D eigenvalue weighted by molar-refractivity contribution is -0.157. The van der Waals surface area contributed by atoms with Crippen LogP contribution < -0.4 is 4.74 Å². The van der Waals surface area contributed by atoms with Crippen molar-refractivity contribution in [1.82, 2.24) is 9.80 Å². The fourth-order valence-corrected chi connectivity index (χ4v) is 3.52. The van der Waals surface area contributed by atoms with Crippen LogP contribution in [0.2, 0.25) is 5.02 Å². The van der Waals surface area contributed by atoms with Crippen molar-refractivity contribution in [3.05, 3.63) is 28.8 Å². The van der Waals surface area contributed by atoms with E-state index in [0.717, 1.165) is 5.56 Å². The maximum absolute atomic E-state index is 12.4. The monoisotopic (exact) mass is 454 g/mol. The van der Waals surface area contributed by atoms with Crippen LogP contribution in [-0.4, -0.2) is 65.3 Å².